The van der Waals surface area contributed by atoms with Crippen LogP contribution in [0.25, 0.3) is 0 Å². The van der Waals surface area contributed by atoms with Gasteiger partial charge in [0.25, 0.3) is 5.69 Å². The van der Waals surface area contributed by atoms with Crippen molar-refractivity contribution in [3.63, 3.8) is 0 Å². The molecule has 1 N–H and O–H groups in total. The number of nitro benzene ring substituents is 1. The van der Waals surface area contributed by atoms with Crippen LogP contribution in [-0.2, 0) is 11.3 Å². The Hall–Kier alpha value is -3.44. The topological polar surface area (TPSA) is 101 Å². The summed E-state index contributed by atoms with van der Waals surface area (Å²) in [6.45, 7) is 1.54. The van der Waals surface area contributed by atoms with Crippen LogP contribution in [0.3, 0.4) is 0 Å². The first-order valence-electron chi connectivity index (χ1n) is 11.3. The van der Waals surface area contributed by atoms with Gasteiger partial charge in [0.2, 0.25) is 0 Å². The molecule has 4 rings (SSSR count). The van der Waals surface area contributed by atoms with Crippen LogP contribution in [0.5, 0.6) is 0 Å². The zero-order valence-electron chi connectivity index (χ0n) is 18.9. The number of carbonyl (C=O) groups excluding carboxylic acids is 1. The molecule has 0 spiro atoms. The summed E-state index contributed by atoms with van der Waals surface area (Å²) >= 11 is 1.44. The first kappa shape index (κ1) is 24.7. The van der Waals surface area contributed by atoms with E-state index in [1.165, 1.54) is 16.7 Å². The number of rotatable bonds is 8. The van der Waals surface area contributed by atoms with Gasteiger partial charge in [0.05, 0.1) is 29.5 Å². The van der Waals surface area contributed by atoms with Crippen LogP contribution in [0.1, 0.15) is 35.8 Å². The van der Waals surface area contributed by atoms with Gasteiger partial charge in [0, 0.05) is 31.0 Å². The summed E-state index contributed by atoms with van der Waals surface area (Å²) in [5.74, 6) is -0.576. The lowest BCUT2D eigenvalue weighted by Gasteiger charge is -2.29. The number of allylic oxidation sites excluding steroid dienone is 1. The number of nitrogens with one attached hydrogen (secondary N) is 1. The molecule has 0 saturated carbocycles. The van der Waals surface area contributed by atoms with E-state index < -0.39 is 16.8 Å². The third-order valence-electron chi connectivity index (χ3n) is 5.72. The molecule has 183 valence electrons. The number of nitro groups is 1. The fraction of sp³-hybridized carbons (Fsp3) is 0.333. The van der Waals surface area contributed by atoms with Crippen LogP contribution in [0.2, 0.25) is 0 Å². The quantitative estimate of drug-likeness (QED) is 0.240. The van der Waals surface area contributed by atoms with Gasteiger partial charge in [-0.05, 0) is 54.9 Å². The second-order valence-electron chi connectivity index (χ2n) is 8.02. The fourth-order valence-corrected chi connectivity index (χ4v) is 4.88. The molecule has 1 aromatic carbocycles. The van der Waals surface area contributed by atoms with Crippen molar-refractivity contribution in [2.45, 2.75) is 31.1 Å². The molecule has 2 aliphatic heterocycles. The van der Waals surface area contributed by atoms with Gasteiger partial charge in [-0.25, -0.2) is 14.7 Å². The number of aromatic nitrogens is 1. The Balaban J connectivity index is 1.31. The zero-order chi connectivity index (χ0) is 24.6. The summed E-state index contributed by atoms with van der Waals surface area (Å²) in [5, 5.41) is 12.9. The molecule has 2 aromatic rings. The standard InChI is InChI=1S/C24H25FN5O4S/c25-20-17-21(30(32)33)19(16-22(20)28-11-3-1-4-12-28)6-2-5-14-34-27-24(31)29-13-15-35-23(29)18-7-9-26-10-8-18/h2,5,7-10,15-17,23H,1,3-4,6,11-12,14H2,(H,27,31). The average Bonchev–Trinajstić information content (AvgIpc) is 3.37. The molecule has 35 heavy (non-hydrogen) atoms. The molecule has 3 heterocycles. The lowest BCUT2D eigenvalue weighted by molar-refractivity contribution is -0.385. The summed E-state index contributed by atoms with van der Waals surface area (Å²) in [5.41, 5.74) is 3.85. The van der Waals surface area contributed by atoms with Gasteiger partial charge < -0.3 is 4.90 Å². The van der Waals surface area contributed by atoms with E-state index in [4.69, 9.17) is 4.84 Å². The maximum absolute atomic E-state index is 14.6. The molecule has 1 atom stereocenters. The Bertz CT molecular complexity index is 1110. The molecule has 1 unspecified atom stereocenters. The van der Waals surface area contributed by atoms with Gasteiger partial charge in [0.15, 0.2) is 5.82 Å². The number of hydroxylamine groups is 1. The first-order chi connectivity index (χ1) is 17.0. The van der Waals surface area contributed by atoms with Crippen molar-refractivity contribution in [1.29, 1.82) is 0 Å². The SMILES string of the molecule is O=C(NOCC=CCc1cc(N2CCCCC2)c(F)cc1[N+](=O)[O-])N1[C]=CSC1c1ccncc1. The third kappa shape index (κ3) is 6.17. The zero-order valence-corrected chi connectivity index (χ0v) is 19.7. The van der Waals surface area contributed by atoms with Gasteiger partial charge in [-0.15, -0.1) is 11.8 Å². The summed E-state index contributed by atoms with van der Waals surface area (Å²) < 4.78 is 14.6. The first-order valence-corrected chi connectivity index (χ1v) is 12.2. The predicted octanol–water partition coefficient (Wildman–Crippen LogP) is 4.88. The predicted molar refractivity (Wildman–Crippen MR) is 131 cm³/mol. The number of hydrogen-bond acceptors (Lipinski definition) is 7. The highest BCUT2D eigenvalue weighted by Crippen LogP contribution is 2.38. The van der Waals surface area contributed by atoms with Crippen molar-refractivity contribution in [1.82, 2.24) is 15.4 Å². The van der Waals surface area contributed by atoms with Gasteiger partial charge in [-0.3, -0.25) is 24.8 Å². The van der Waals surface area contributed by atoms with E-state index in [2.05, 4.69) is 16.7 Å². The Morgan fingerprint density at radius 1 is 1.29 bits per heavy atom. The highest BCUT2D eigenvalue weighted by atomic mass is 32.2. The lowest BCUT2D eigenvalue weighted by Crippen LogP contribution is -2.36. The fourth-order valence-electron chi connectivity index (χ4n) is 3.99. The Morgan fingerprint density at radius 2 is 2.06 bits per heavy atom. The minimum absolute atomic E-state index is 0.0599. The molecular formula is C24H25FN5O4S. The van der Waals surface area contributed by atoms with E-state index >= 15 is 0 Å². The van der Waals surface area contributed by atoms with Gasteiger partial charge in [-0.1, -0.05) is 12.2 Å². The number of hydrogen-bond donors (Lipinski definition) is 1. The minimum Gasteiger partial charge on any atom is -0.369 e. The second-order valence-corrected chi connectivity index (χ2v) is 8.97. The molecule has 1 radical (unpaired) electrons. The third-order valence-corrected chi connectivity index (χ3v) is 6.70. The summed E-state index contributed by atoms with van der Waals surface area (Å²) in [6.07, 6.45) is 12.8. The second kappa shape index (κ2) is 11.8. The maximum atomic E-state index is 14.6. The smallest absolute Gasteiger partial charge is 0.347 e. The number of pyridine rings is 1. The molecule has 11 heteroatoms. The molecule has 1 aromatic heterocycles. The van der Waals surface area contributed by atoms with Crippen molar-refractivity contribution < 1.29 is 18.9 Å². The molecule has 0 aliphatic carbocycles. The number of carbonyl (C=O) groups is 1. The van der Waals surface area contributed by atoms with Gasteiger partial charge >= 0.3 is 6.03 Å². The van der Waals surface area contributed by atoms with Crippen molar-refractivity contribution in [2.24, 2.45) is 0 Å². The van der Waals surface area contributed by atoms with E-state index in [0.717, 1.165) is 44.0 Å². The number of urea groups is 1. The van der Waals surface area contributed by atoms with Crippen LogP contribution in [0, 0.1) is 22.1 Å². The molecule has 0 bridgehead atoms. The number of piperidine rings is 1. The van der Waals surface area contributed by atoms with Crippen molar-refractivity contribution in [3.8, 4) is 0 Å². The van der Waals surface area contributed by atoms with Crippen LogP contribution < -0.4 is 10.4 Å². The molecule has 9 nitrogen and oxygen atoms in total. The summed E-state index contributed by atoms with van der Waals surface area (Å²) in [7, 11) is 0. The number of thioether (sulfide) groups is 1. The molecule has 1 saturated heterocycles. The maximum Gasteiger partial charge on any atom is 0.347 e. The van der Waals surface area contributed by atoms with E-state index in [-0.39, 0.29) is 24.1 Å². The summed E-state index contributed by atoms with van der Waals surface area (Å²) in [6, 6.07) is 5.75. The van der Waals surface area contributed by atoms with E-state index in [1.54, 1.807) is 36.0 Å². The van der Waals surface area contributed by atoms with Crippen LogP contribution in [-0.4, -0.2) is 40.5 Å². The number of amides is 2. The highest BCUT2D eigenvalue weighted by Gasteiger charge is 2.28. The van der Waals surface area contributed by atoms with E-state index in [1.807, 2.05) is 17.0 Å². The van der Waals surface area contributed by atoms with Gasteiger partial charge in [0.1, 0.15) is 5.37 Å². The Labute approximate surface area is 206 Å². The molecule has 1 fully saturated rings. The number of nitrogens with zero attached hydrogens (tertiary/aromatic N) is 4. The van der Waals surface area contributed by atoms with Crippen LogP contribution in [0.4, 0.5) is 20.6 Å². The molecule has 2 aliphatic rings. The van der Waals surface area contributed by atoms with E-state index in [0.29, 0.717) is 11.3 Å². The number of anilines is 1. The Morgan fingerprint density at radius 3 is 2.80 bits per heavy atom. The van der Waals surface area contributed by atoms with Crippen molar-refractivity contribution >= 4 is 29.2 Å². The monoisotopic (exact) mass is 498 g/mol. The van der Waals surface area contributed by atoms with Crippen LogP contribution in [0.15, 0.2) is 54.2 Å². The highest BCUT2D eigenvalue weighted by molar-refractivity contribution is 8.02. The van der Waals surface area contributed by atoms with E-state index in [9.17, 15) is 19.3 Å². The average molecular weight is 499 g/mol. The molecule has 2 amide bonds. The molecular weight excluding hydrogens is 473 g/mol. The normalized spacial score (nSPS) is 17.8. The largest absolute Gasteiger partial charge is 0.369 e. The van der Waals surface area contributed by atoms with Crippen LogP contribution >= 0.6 is 11.8 Å². The van der Waals surface area contributed by atoms with Crippen molar-refractivity contribution in [3.05, 3.63) is 87.5 Å². The number of benzene rings is 1. The summed E-state index contributed by atoms with van der Waals surface area (Å²) in [4.78, 5) is 35.9. The number of halogens is 1. The van der Waals surface area contributed by atoms with Gasteiger partial charge in [-0.2, -0.15) is 0 Å². The minimum atomic E-state index is -0.576. The van der Waals surface area contributed by atoms with Crippen molar-refractivity contribution in [2.75, 3.05) is 24.6 Å². The lowest BCUT2D eigenvalue weighted by atomic mass is 10.0. The Kier molecular flexibility index (Phi) is 8.32.